The van der Waals surface area contributed by atoms with Gasteiger partial charge in [-0.2, -0.15) is 0 Å². The van der Waals surface area contributed by atoms with Crippen molar-refractivity contribution < 1.29 is 14.3 Å². The second-order valence-electron chi connectivity index (χ2n) is 4.59. The molecule has 2 aliphatic heterocycles. The minimum atomic E-state index is -1.06. The predicted octanol–water partition coefficient (Wildman–Crippen LogP) is 1.55. The van der Waals surface area contributed by atoms with Crippen molar-refractivity contribution in [3.05, 3.63) is 28.8 Å². The van der Waals surface area contributed by atoms with E-state index in [1.54, 1.807) is 18.2 Å². The Hall–Kier alpha value is -1.75. The molecule has 1 fully saturated rings. The lowest BCUT2D eigenvalue weighted by molar-refractivity contribution is -0.126. The van der Waals surface area contributed by atoms with Gasteiger partial charge < -0.3 is 10.1 Å². The maximum Gasteiger partial charge on any atom is 0.322 e. The quantitative estimate of drug-likeness (QED) is 0.700. The zero-order chi connectivity index (χ0) is 12.9. The zero-order valence-corrected chi connectivity index (χ0v) is 10.4. The van der Waals surface area contributed by atoms with E-state index < -0.39 is 11.6 Å². The van der Waals surface area contributed by atoms with Crippen LogP contribution in [-0.4, -0.2) is 18.0 Å². The van der Waals surface area contributed by atoms with Crippen molar-refractivity contribution in [1.82, 2.24) is 10.6 Å². The minimum Gasteiger partial charge on any atom is -0.490 e. The topological polar surface area (TPSA) is 67.4 Å². The summed E-state index contributed by atoms with van der Waals surface area (Å²) in [5.41, 5.74) is -0.453. The number of hydrogen-bond donors (Lipinski definition) is 2. The molecule has 0 bridgehead atoms. The first-order valence-corrected chi connectivity index (χ1v) is 5.99. The highest BCUT2D eigenvalue weighted by Crippen LogP contribution is 2.42. The SMILES string of the molecule is CC1CC2(NC(=O)NC2=O)c2cc(Cl)ccc2O1. The van der Waals surface area contributed by atoms with Gasteiger partial charge in [-0.05, 0) is 25.1 Å². The van der Waals surface area contributed by atoms with Crippen LogP contribution in [0.1, 0.15) is 18.9 Å². The Morgan fingerprint density at radius 2 is 2.22 bits per heavy atom. The molecule has 2 unspecified atom stereocenters. The van der Waals surface area contributed by atoms with Crippen LogP contribution in [0.15, 0.2) is 18.2 Å². The standard InChI is InChI=1S/C12H11ClN2O3/c1-6-5-12(10(16)14-11(17)15-12)8-4-7(13)2-3-9(8)18-6/h2-4,6H,5H2,1H3,(H2,14,15,16,17). The van der Waals surface area contributed by atoms with Crippen LogP contribution >= 0.6 is 11.6 Å². The third-order valence-corrected chi connectivity index (χ3v) is 3.50. The normalized spacial score (nSPS) is 29.6. The molecule has 94 valence electrons. The van der Waals surface area contributed by atoms with Gasteiger partial charge in [0.15, 0.2) is 5.54 Å². The first-order valence-electron chi connectivity index (χ1n) is 5.61. The van der Waals surface area contributed by atoms with E-state index in [-0.39, 0.29) is 12.0 Å². The van der Waals surface area contributed by atoms with Gasteiger partial charge in [-0.3, -0.25) is 10.1 Å². The summed E-state index contributed by atoms with van der Waals surface area (Å²) in [6.07, 6.45) is 0.223. The number of halogens is 1. The van der Waals surface area contributed by atoms with Crippen molar-refractivity contribution in [2.75, 3.05) is 0 Å². The van der Waals surface area contributed by atoms with E-state index in [9.17, 15) is 9.59 Å². The largest absolute Gasteiger partial charge is 0.490 e. The maximum atomic E-state index is 12.1. The van der Waals surface area contributed by atoms with E-state index in [0.717, 1.165) is 0 Å². The van der Waals surface area contributed by atoms with Gasteiger partial charge >= 0.3 is 6.03 Å². The van der Waals surface area contributed by atoms with Crippen LogP contribution < -0.4 is 15.4 Å². The molecule has 2 aliphatic rings. The maximum absolute atomic E-state index is 12.1. The number of carbonyl (C=O) groups is 2. The summed E-state index contributed by atoms with van der Waals surface area (Å²) in [7, 11) is 0. The number of benzene rings is 1. The second-order valence-corrected chi connectivity index (χ2v) is 5.02. The number of rotatable bonds is 0. The smallest absolute Gasteiger partial charge is 0.322 e. The summed E-state index contributed by atoms with van der Waals surface area (Å²) in [4.78, 5) is 23.5. The Kier molecular flexibility index (Phi) is 2.28. The van der Waals surface area contributed by atoms with E-state index in [2.05, 4.69) is 10.6 Å². The molecule has 0 aromatic heterocycles. The average molecular weight is 267 g/mol. The Morgan fingerprint density at radius 3 is 2.89 bits per heavy atom. The molecule has 0 aliphatic carbocycles. The second kappa shape index (κ2) is 3.62. The number of imide groups is 1. The number of ether oxygens (including phenoxy) is 1. The van der Waals surface area contributed by atoms with Crippen molar-refractivity contribution in [2.45, 2.75) is 25.0 Å². The lowest BCUT2D eigenvalue weighted by Gasteiger charge is -2.36. The Morgan fingerprint density at radius 1 is 1.44 bits per heavy atom. The fourth-order valence-electron chi connectivity index (χ4n) is 2.56. The van der Waals surface area contributed by atoms with Crippen LogP contribution in [-0.2, 0) is 10.3 Å². The summed E-state index contributed by atoms with van der Waals surface area (Å²) in [5.74, 6) is 0.224. The van der Waals surface area contributed by atoms with Gasteiger partial charge in [0.25, 0.3) is 5.91 Å². The van der Waals surface area contributed by atoms with Gasteiger partial charge in [-0.1, -0.05) is 11.6 Å². The summed E-state index contributed by atoms with van der Waals surface area (Å²) >= 11 is 5.96. The lowest BCUT2D eigenvalue weighted by Crippen LogP contribution is -2.49. The molecular formula is C12H11ClN2O3. The highest BCUT2D eigenvalue weighted by atomic mass is 35.5. The fraction of sp³-hybridized carbons (Fsp3) is 0.333. The highest BCUT2D eigenvalue weighted by molar-refractivity contribution is 6.30. The van der Waals surface area contributed by atoms with E-state index in [0.29, 0.717) is 22.8 Å². The summed E-state index contributed by atoms with van der Waals surface area (Å²) in [6, 6.07) is 4.58. The van der Waals surface area contributed by atoms with Crippen LogP contribution in [0.4, 0.5) is 4.79 Å². The zero-order valence-electron chi connectivity index (χ0n) is 9.62. The molecule has 5 nitrogen and oxygen atoms in total. The molecule has 3 rings (SSSR count). The first-order chi connectivity index (χ1) is 8.51. The number of fused-ring (bicyclic) bond motifs is 2. The Labute approximate surface area is 108 Å². The van der Waals surface area contributed by atoms with Crippen LogP contribution in [0.25, 0.3) is 0 Å². The van der Waals surface area contributed by atoms with Crippen LogP contribution in [0.5, 0.6) is 5.75 Å². The van der Waals surface area contributed by atoms with E-state index >= 15 is 0 Å². The molecule has 0 saturated carbocycles. The molecule has 2 atom stereocenters. The monoisotopic (exact) mass is 266 g/mol. The molecule has 1 saturated heterocycles. The number of carbonyl (C=O) groups excluding carboxylic acids is 2. The minimum absolute atomic E-state index is 0.164. The average Bonchev–Trinajstić information content (AvgIpc) is 2.55. The van der Waals surface area contributed by atoms with Crippen molar-refractivity contribution in [1.29, 1.82) is 0 Å². The van der Waals surface area contributed by atoms with Gasteiger partial charge in [0.1, 0.15) is 5.75 Å². The fourth-order valence-corrected chi connectivity index (χ4v) is 2.74. The van der Waals surface area contributed by atoms with E-state index in [1.807, 2.05) is 6.92 Å². The number of hydrogen-bond acceptors (Lipinski definition) is 3. The molecule has 1 aromatic rings. The van der Waals surface area contributed by atoms with Crippen LogP contribution in [0, 0.1) is 0 Å². The third-order valence-electron chi connectivity index (χ3n) is 3.26. The Bertz CT molecular complexity index is 560. The predicted molar refractivity (Wildman–Crippen MR) is 64.5 cm³/mol. The third kappa shape index (κ3) is 1.47. The van der Waals surface area contributed by atoms with Crippen LogP contribution in [0.2, 0.25) is 5.02 Å². The summed E-state index contributed by atoms with van der Waals surface area (Å²) < 4.78 is 5.67. The summed E-state index contributed by atoms with van der Waals surface area (Å²) in [5, 5.41) is 5.47. The summed E-state index contributed by atoms with van der Waals surface area (Å²) in [6.45, 7) is 1.86. The number of urea groups is 1. The molecule has 6 heteroatoms. The number of nitrogens with one attached hydrogen (secondary N) is 2. The molecular weight excluding hydrogens is 256 g/mol. The molecule has 3 amide bonds. The molecule has 2 heterocycles. The van der Waals surface area contributed by atoms with Gasteiger partial charge in [-0.15, -0.1) is 0 Å². The van der Waals surface area contributed by atoms with Crippen molar-refractivity contribution in [2.24, 2.45) is 0 Å². The lowest BCUT2D eigenvalue weighted by atomic mass is 9.82. The molecule has 1 spiro atoms. The molecule has 1 aromatic carbocycles. The molecule has 18 heavy (non-hydrogen) atoms. The van der Waals surface area contributed by atoms with Gasteiger partial charge in [0, 0.05) is 17.0 Å². The number of amides is 3. The van der Waals surface area contributed by atoms with Gasteiger partial charge in [0.2, 0.25) is 0 Å². The highest BCUT2D eigenvalue weighted by Gasteiger charge is 2.52. The van der Waals surface area contributed by atoms with Crippen molar-refractivity contribution >= 4 is 23.5 Å². The molecule has 2 N–H and O–H groups in total. The van der Waals surface area contributed by atoms with Gasteiger partial charge in [-0.25, -0.2) is 4.79 Å². The van der Waals surface area contributed by atoms with Crippen molar-refractivity contribution in [3.63, 3.8) is 0 Å². The first kappa shape index (κ1) is 11.3. The van der Waals surface area contributed by atoms with E-state index in [4.69, 9.17) is 16.3 Å². The molecule has 0 radical (unpaired) electrons. The van der Waals surface area contributed by atoms with E-state index in [1.165, 1.54) is 0 Å². The van der Waals surface area contributed by atoms with Crippen LogP contribution in [0.3, 0.4) is 0 Å². The Balaban J connectivity index is 2.20. The van der Waals surface area contributed by atoms with Gasteiger partial charge in [0.05, 0.1) is 6.10 Å². The van der Waals surface area contributed by atoms with Crippen molar-refractivity contribution in [3.8, 4) is 5.75 Å².